The lowest BCUT2D eigenvalue weighted by atomic mass is 10.1. The van der Waals surface area contributed by atoms with Crippen LogP contribution in [0.25, 0.3) is 0 Å². The number of nitrogens with zero attached hydrogens (tertiary/aromatic N) is 1. The maximum absolute atomic E-state index is 13.0. The van der Waals surface area contributed by atoms with Crippen LogP contribution < -0.4 is 5.14 Å². The molecule has 9 heteroatoms. The van der Waals surface area contributed by atoms with Crippen LogP contribution in [0, 0.1) is 5.82 Å². The zero-order valence-electron chi connectivity index (χ0n) is 13.0. The largest absolute Gasteiger partial charge is 0.243 e. The fourth-order valence-electron chi connectivity index (χ4n) is 2.13. The number of hydrogen-bond acceptors (Lipinski definition) is 4. The predicted octanol–water partition coefficient (Wildman–Crippen LogP) is 1.85. The Balaban J connectivity index is 2.33. The Morgan fingerprint density at radius 2 is 1.38 bits per heavy atom. The normalized spacial score (nSPS) is 13.9. The summed E-state index contributed by atoms with van der Waals surface area (Å²) in [5.74, 6) is -0.407. The van der Waals surface area contributed by atoms with Gasteiger partial charge < -0.3 is 0 Å². The lowest BCUT2D eigenvalue weighted by molar-refractivity contribution is 0.398. The minimum Gasteiger partial charge on any atom is -0.225 e. The summed E-state index contributed by atoms with van der Waals surface area (Å²) >= 11 is 0. The quantitative estimate of drug-likeness (QED) is 0.866. The van der Waals surface area contributed by atoms with Gasteiger partial charge in [-0.2, -0.15) is 4.31 Å². The van der Waals surface area contributed by atoms with Gasteiger partial charge in [0.1, 0.15) is 5.82 Å². The van der Waals surface area contributed by atoms with Crippen LogP contribution in [0.1, 0.15) is 18.5 Å². The van der Waals surface area contributed by atoms with Crippen LogP contribution in [0.15, 0.2) is 58.3 Å². The molecule has 24 heavy (non-hydrogen) atoms. The van der Waals surface area contributed by atoms with E-state index in [1.54, 1.807) is 6.92 Å². The molecule has 0 aliphatic rings. The van der Waals surface area contributed by atoms with E-state index < -0.39 is 31.9 Å². The van der Waals surface area contributed by atoms with E-state index in [2.05, 4.69) is 0 Å². The van der Waals surface area contributed by atoms with Crippen molar-refractivity contribution in [3.05, 3.63) is 59.9 Å². The molecule has 0 bridgehead atoms. The minimum absolute atomic E-state index is 0.0636. The summed E-state index contributed by atoms with van der Waals surface area (Å²) in [6, 6.07) is 9.64. The van der Waals surface area contributed by atoms with Gasteiger partial charge in [-0.15, -0.1) is 0 Å². The Labute approximate surface area is 140 Å². The highest BCUT2D eigenvalue weighted by Crippen LogP contribution is 2.26. The lowest BCUT2D eigenvalue weighted by Crippen LogP contribution is -2.29. The average Bonchev–Trinajstić information content (AvgIpc) is 2.53. The van der Waals surface area contributed by atoms with Gasteiger partial charge in [0.05, 0.1) is 9.79 Å². The van der Waals surface area contributed by atoms with Crippen LogP contribution in [0.3, 0.4) is 0 Å². The summed E-state index contributed by atoms with van der Waals surface area (Å²) < 4.78 is 61.9. The number of hydrogen-bond donors (Lipinski definition) is 1. The molecule has 2 aromatic rings. The average molecular weight is 372 g/mol. The number of nitrogens with two attached hydrogens (primary N) is 1. The molecule has 2 rings (SSSR count). The molecule has 0 saturated carbocycles. The first-order chi connectivity index (χ1) is 11.0. The van der Waals surface area contributed by atoms with Gasteiger partial charge in [0.25, 0.3) is 0 Å². The van der Waals surface area contributed by atoms with Crippen molar-refractivity contribution in [3.8, 4) is 0 Å². The summed E-state index contributed by atoms with van der Waals surface area (Å²) in [6.07, 6.45) is 0. The highest BCUT2D eigenvalue weighted by molar-refractivity contribution is 7.89. The van der Waals surface area contributed by atoms with E-state index in [1.165, 1.54) is 43.4 Å². The zero-order chi connectivity index (χ0) is 18.1. The number of primary sulfonamides is 1. The summed E-state index contributed by atoms with van der Waals surface area (Å²) in [5, 5.41) is 4.99. The molecule has 0 aliphatic carbocycles. The van der Waals surface area contributed by atoms with Gasteiger partial charge in [-0.25, -0.2) is 26.4 Å². The second kappa shape index (κ2) is 6.60. The van der Waals surface area contributed by atoms with Crippen LogP contribution in [0.2, 0.25) is 0 Å². The van der Waals surface area contributed by atoms with Crippen LogP contribution in [-0.4, -0.2) is 28.2 Å². The first kappa shape index (κ1) is 18.5. The van der Waals surface area contributed by atoms with Crippen molar-refractivity contribution in [2.24, 2.45) is 5.14 Å². The molecule has 0 radical (unpaired) electrons. The molecule has 2 N–H and O–H groups in total. The van der Waals surface area contributed by atoms with E-state index in [-0.39, 0.29) is 9.79 Å². The maximum atomic E-state index is 13.0. The first-order valence-electron chi connectivity index (χ1n) is 6.90. The smallest absolute Gasteiger partial charge is 0.225 e. The van der Waals surface area contributed by atoms with Gasteiger partial charge in [-0.3, -0.25) is 0 Å². The molecule has 1 atom stereocenters. The molecule has 0 aliphatic heterocycles. The summed E-state index contributed by atoms with van der Waals surface area (Å²) in [7, 11) is -6.35. The lowest BCUT2D eigenvalue weighted by Gasteiger charge is -2.24. The van der Waals surface area contributed by atoms with E-state index in [4.69, 9.17) is 5.14 Å². The molecule has 130 valence electrons. The van der Waals surface area contributed by atoms with Crippen LogP contribution in [-0.2, 0) is 20.0 Å². The SMILES string of the molecule is CC(c1ccc(F)cc1)N(C)S(=O)(=O)c1ccc(S(N)(=O)=O)cc1. The molecule has 1 unspecified atom stereocenters. The van der Waals surface area contributed by atoms with E-state index in [9.17, 15) is 21.2 Å². The van der Waals surface area contributed by atoms with Crippen molar-refractivity contribution in [1.29, 1.82) is 0 Å². The van der Waals surface area contributed by atoms with Gasteiger partial charge in [0.15, 0.2) is 0 Å². The van der Waals surface area contributed by atoms with Gasteiger partial charge in [-0.1, -0.05) is 12.1 Å². The van der Waals surface area contributed by atoms with E-state index in [0.29, 0.717) is 5.56 Å². The first-order valence-corrected chi connectivity index (χ1v) is 9.88. The van der Waals surface area contributed by atoms with Crippen molar-refractivity contribution in [1.82, 2.24) is 4.31 Å². The van der Waals surface area contributed by atoms with Crippen molar-refractivity contribution in [2.75, 3.05) is 7.05 Å². The highest BCUT2D eigenvalue weighted by Gasteiger charge is 2.26. The highest BCUT2D eigenvalue weighted by atomic mass is 32.2. The maximum Gasteiger partial charge on any atom is 0.243 e. The fraction of sp³-hybridized carbons (Fsp3) is 0.200. The summed E-state index contributed by atoms with van der Waals surface area (Å²) in [6.45, 7) is 1.67. The third kappa shape index (κ3) is 3.81. The second-order valence-corrected chi connectivity index (χ2v) is 8.82. The molecule has 2 aromatic carbocycles. The number of sulfonamides is 2. The Hall–Kier alpha value is -1.81. The Morgan fingerprint density at radius 1 is 0.917 bits per heavy atom. The summed E-state index contributed by atoms with van der Waals surface area (Å²) in [5.41, 5.74) is 0.628. The van der Waals surface area contributed by atoms with Gasteiger partial charge in [-0.05, 0) is 48.9 Å². The minimum atomic E-state index is -3.89. The van der Waals surface area contributed by atoms with Crippen molar-refractivity contribution >= 4 is 20.0 Å². The van der Waals surface area contributed by atoms with Gasteiger partial charge in [0.2, 0.25) is 20.0 Å². The molecule has 0 fully saturated rings. The monoisotopic (exact) mass is 372 g/mol. The molecule has 0 saturated heterocycles. The second-order valence-electron chi connectivity index (χ2n) is 5.27. The van der Waals surface area contributed by atoms with E-state index in [1.807, 2.05) is 0 Å². The van der Waals surface area contributed by atoms with Crippen LogP contribution >= 0.6 is 0 Å². The number of halogens is 1. The fourth-order valence-corrected chi connectivity index (χ4v) is 3.99. The van der Waals surface area contributed by atoms with Gasteiger partial charge in [0, 0.05) is 13.1 Å². The van der Waals surface area contributed by atoms with Crippen LogP contribution in [0.5, 0.6) is 0 Å². The van der Waals surface area contributed by atoms with Crippen molar-refractivity contribution in [3.63, 3.8) is 0 Å². The predicted molar refractivity (Wildman–Crippen MR) is 87.6 cm³/mol. The molecule has 0 heterocycles. The van der Waals surface area contributed by atoms with Gasteiger partial charge >= 0.3 is 0 Å². The molecular weight excluding hydrogens is 355 g/mol. The third-order valence-corrected chi connectivity index (χ3v) is 6.60. The topological polar surface area (TPSA) is 97.5 Å². The van der Waals surface area contributed by atoms with E-state index in [0.717, 1.165) is 16.4 Å². The standard InChI is InChI=1S/C15H17FN2O4S2/c1-11(12-3-5-13(16)6-4-12)18(2)24(21,22)15-9-7-14(8-10-15)23(17,19)20/h3-11H,1-2H3,(H2,17,19,20). The summed E-state index contributed by atoms with van der Waals surface area (Å²) in [4.78, 5) is -0.234. The molecule has 6 nitrogen and oxygen atoms in total. The number of benzene rings is 2. The Bertz CT molecular complexity index is 924. The third-order valence-electron chi connectivity index (χ3n) is 3.73. The Morgan fingerprint density at radius 3 is 1.83 bits per heavy atom. The van der Waals surface area contributed by atoms with Crippen molar-refractivity contribution < 1.29 is 21.2 Å². The molecule has 0 aromatic heterocycles. The molecule has 0 amide bonds. The Kier molecular flexibility index (Phi) is 5.09. The molecule has 0 spiro atoms. The van der Waals surface area contributed by atoms with Crippen LogP contribution in [0.4, 0.5) is 4.39 Å². The van der Waals surface area contributed by atoms with Crippen molar-refractivity contribution in [2.45, 2.75) is 22.8 Å². The zero-order valence-corrected chi connectivity index (χ0v) is 14.7. The molecular formula is C15H17FN2O4S2. The number of rotatable bonds is 5. The van der Waals surface area contributed by atoms with E-state index >= 15 is 0 Å².